The molecule has 1 aliphatic carbocycles. The molecule has 23 heavy (non-hydrogen) atoms. The van der Waals surface area contributed by atoms with Crippen LogP contribution in [-0.2, 0) is 4.79 Å². The third-order valence-corrected chi connectivity index (χ3v) is 4.23. The van der Waals surface area contributed by atoms with Crippen LogP contribution >= 0.6 is 0 Å². The molecule has 1 aliphatic rings. The van der Waals surface area contributed by atoms with Crippen molar-refractivity contribution in [1.82, 2.24) is 9.78 Å². The average molecular weight is 312 g/mol. The maximum Gasteiger partial charge on any atom is 0.328 e. The van der Waals surface area contributed by atoms with Gasteiger partial charge in [0, 0.05) is 11.6 Å². The molecule has 1 heterocycles. The van der Waals surface area contributed by atoms with E-state index in [1.165, 1.54) is 25.3 Å². The highest BCUT2D eigenvalue weighted by Crippen LogP contribution is 2.33. The molecule has 1 aromatic carbocycles. The van der Waals surface area contributed by atoms with Crippen molar-refractivity contribution in [3.05, 3.63) is 42.1 Å². The number of aromatic hydroxyl groups is 1. The fourth-order valence-electron chi connectivity index (χ4n) is 3.10. The SMILES string of the molecule is O=C(O)/C=C/c1cc(-c2ccc(O)cc2)n(C2CCCCC2)n1. The summed E-state index contributed by atoms with van der Waals surface area (Å²) in [5.41, 5.74) is 2.57. The molecule has 1 saturated carbocycles. The highest BCUT2D eigenvalue weighted by molar-refractivity contribution is 5.85. The van der Waals surface area contributed by atoms with Gasteiger partial charge in [-0.2, -0.15) is 5.10 Å². The minimum absolute atomic E-state index is 0.225. The predicted octanol–water partition coefficient (Wildman–Crippen LogP) is 3.86. The summed E-state index contributed by atoms with van der Waals surface area (Å²) in [6, 6.07) is 9.27. The lowest BCUT2D eigenvalue weighted by Crippen LogP contribution is -2.15. The maximum absolute atomic E-state index is 10.7. The maximum atomic E-state index is 10.7. The molecule has 0 atom stereocenters. The molecule has 5 heteroatoms. The summed E-state index contributed by atoms with van der Waals surface area (Å²) in [5.74, 6) is -0.758. The number of carboxylic acids is 1. The van der Waals surface area contributed by atoms with Gasteiger partial charge in [0.2, 0.25) is 0 Å². The van der Waals surface area contributed by atoms with Gasteiger partial charge in [0.1, 0.15) is 5.75 Å². The van der Waals surface area contributed by atoms with E-state index in [2.05, 4.69) is 5.10 Å². The first-order valence-corrected chi connectivity index (χ1v) is 7.93. The number of phenolic OH excluding ortho intramolecular Hbond substituents is 1. The van der Waals surface area contributed by atoms with Crippen LogP contribution in [0.1, 0.15) is 43.8 Å². The number of carboxylic acid groups (broad SMARTS) is 1. The van der Waals surface area contributed by atoms with Crippen LogP contribution < -0.4 is 0 Å². The first-order chi connectivity index (χ1) is 11.1. The van der Waals surface area contributed by atoms with Gasteiger partial charge in [-0.25, -0.2) is 4.79 Å². The van der Waals surface area contributed by atoms with Crippen LogP contribution in [-0.4, -0.2) is 26.0 Å². The highest BCUT2D eigenvalue weighted by atomic mass is 16.4. The Balaban J connectivity index is 2.00. The van der Waals surface area contributed by atoms with E-state index in [1.807, 2.05) is 22.9 Å². The monoisotopic (exact) mass is 312 g/mol. The van der Waals surface area contributed by atoms with Gasteiger partial charge in [0.25, 0.3) is 0 Å². The number of rotatable bonds is 4. The lowest BCUT2D eigenvalue weighted by molar-refractivity contribution is -0.131. The quantitative estimate of drug-likeness (QED) is 0.841. The molecular formula is C18H20N2O3. The van der Waals surface area contributed by atoms with Crippen LogP contribution in [0.25, 0.3) is 17.3 Å². The smallest absolute Gasteiger partial charge is 0.328 e. The second kappa shape index (κ2) is 6.69. The lowest BCUT2D eigenvalue weighted by Gasteiger charge is -2.24. The Morgan fingerprint density at radius 2 is 1.87 bits per heavy atom. The molecule has 0 amide bonds. The van der Waals surface area contributed by atoms with E-state index in [0.29, 0.717) is 11.7 Å². The second-order valence-corrected chi connectivity index (χ2v) is 5.91. The summed E-state index contributed by atoms with van der Waals surface area (Å²) < 4.78 is 2.02. The predicted molar refractivity (Wildman–Crippen MR) is 88.1 cm³/mol. The number of nitrogens with zero attached hydrogens (tertiary/aromatic N) is 2. The zero-order chi connectivity index (χ0) is 16.2. The zero-order valence-corrected chi connectivity index (χ0v) is 12.9. The normalized spacial score (nSPS) is 16.0. The third-order valence-electron chi connectivity index (χ3n) is 4.23. The molecule has 5 nitrogen and oxygen atoms in total. The van der Waals surface area contributed by atoms with Gasteiger partial charge in [-0.3, -0.25) is 4.68 Å². The van der Waals surface area contributed by atoms with Crippen LogP contribution in [0.3, 0.4) is 0 Å². The summed E-state index contributed by atoms with van der Waals surface area (Å²) in [6.45, 7) is 0. The number of aliphatic carboxylic acids is 1. The molecule has 120 valence electrons. The summed E-state index contributed by atoms with van der Waals surface area (Å²) in [7, 11) is 0. The van der Waals surface area contributed by atoms with Gasteiger partial charge < -0.3 is 10.2 Å². The molecule has 0 bridgehead atoms. The van der Waals surface area contributed by atoms with Gasteiger partial charge in [0.05, 0.1) is 17.4 Å². The van der Waals surface area contributed by atoms with Crippen molar-refractivity contribution in [2.75, 3.05) is 0 Å². The highest BCUT2D eigenvalue weighted by Gasteiger charge is 2.20. The van der Waals surface area contributed by atoms with E-state index in [9.17, 15) is 9.90 Å². The molecule has 0 saturated heterocycles. The topological polar surface area (TPSA) is 75.3 Å². The lowest BCUT2D eigenvalue weighted by atomic mass is 9.95. The fraction of sp³-hybridized carbons (Fsp3) is 0.333. The van der Waals surface area contributed by atoms with Crippen molar-refractivity contribution >= 4 is 12.0 Å². The molecule has 0 unspecified atom stereocenters. The van der Waals surface area contributed by atoms with Gasteiger partial charge >= 0.3 is 5.97 Å². The Kier molecular flexibility index (Phi) is 4.46. The van der Waals surface area contributed by atoms with E-state index in [-0.39, 0.29) is 5.75 Å². The second-order valence-electron chi connectivity index (χ2n) is 5.91. The molecule has 2 aromatic rings. The van der Waals surface area contributed by atoms with Crippen molar-refractivity contribution in [2.45, 2.75) is 38.1 Å². The molecule has 3 rings (SSSR count). The van der Waals surface area contributed by atoms with Crippen molar-refractivity contribution < 1.29 is 15.0 Å². The molecule has 0 radical (unpaired) electrons. The number of hydrogen-bond acceptors (Lipinski definition) is 3. The number of phenols is 1. The zero-order valence-electron chi connectivity index (χ0n) is 12.9. The minimum atomic E-state index is -0.983. The van der Waals surface area contributed by atoms with Gasteiger partial charge in [-0.15, -0.1) is 0 Å². The van der Waals surface area contributed by atoms with Crippen LogP contribution in [0.2, 0.25) is 0 Å². The minimum Gasteiger partial charge on any atom is -0.508 e. The van der Waals surface area contributed by atoms with Crippen LogP contribution in [0.15, 0.2) is 36.4 Å². The molecule has 0 aliphatic heterocycles. The van der Waals surface area contributed by atoms with Crippen molar-refractivity contribution in [3.63, 3.8) is 0 Å². The fourth-order valence-corrected chi connectivity index (χ4v) is 3.10. The molecule has 1 aromatic heterocycles. The number of carbonyl (C=O) groups is 1. The Morgan fingerprint density at radius 1 is 1.17 bits per heavy atom. The molecule has 0 spiro atoms. The van der Waals surface area contributed by atoms with E-state index < -0.39 is 5.97 Å². The van der Waals surface area contributed by atoms with Crippen molar-refractivity contribution in [1.29, 1.82) is 0 Å². The molecular weight excluding hydrogens is 292 g/mol. The number of hydrogen-bond donors (Lipinski definition) is 2. The van der Waals surface area contributed by atoms with E-state index >= 15 is 0 Å². The van der Waals surface area contributed by atoms with E-state index in [0.717, 1.165) is 30.2 Å². The number of benzene rings is 1. The first-order valence-electron chi connectivity index (χ1n) is 7.93. The Hall–Kier alpha value is -2.56. The van der Waals surface area contributed by atoms with Crippen molar-refractivity contribution in [3.8, 4) is 17.0 Å². The van der Waals surface area contributed by atoms with E-state index in [4.69, 9.17) is 5.11 Å². The molecule has 2 N–H and O–H groups in total. The van der Waals surface area contributed by atoms with Crippen LogP contribution in [0, 0.1) is 0 Å². The van der Waals surface area contributed by atoms with Gasteiger partial charge in [-0.1, -0.05) is 19.3 Å². The largest absolute Gasteiger partial charge is 0.508 e. The van der Waals surface area contributed by atoms with Gasteiger partial charge in [0.15, 0.2) is 0 Å². The Labute approximate surface area is 134 Å². The average Bonchev–Trinajstić information content (AvgIpc) is 2.99. The third kappa shape index (κ3) is 3.62. The summed E-state index contributed by atoms with van der Waals surface area (Å²) in [6.07, 6.45) is 8.46. The Morgan fingerprint density at radius 3 is 2.52 bits per heavy atom. The van der Waals surface area contributed by atoms with Crippen LogP contribution in [0.5, 0.6) is 5.75 Å². The van der Waals surface area contributed by atoms with Crippen molar-refractivity contribution in [2.24, 2.45) is 0 Å². The summed E-state index contributed by atoms with van der Waals surface area (Å²) in [4.78, 5) is 10.7. The van der Waals surface area contributed by atoms with Gasteiger partial charge in [-0.05, 0) is 49.2 Å². The number of aromatic nitrogens is 2. The standard InChI is InChI=1S/C18H20N2O3/c21-16-9-6-13(7-10-16)17-12-14(8-11-18(22)23)19-20(17)15-4-2-1-3-5-15/h6-12,15,21H,1-5H2,(H,22,23)/b11-8+. The summed E-state index contributed by atoms with van der Waals surface area (Å²) in [5, 5.41) is 22.9. The first kappa shape index (κ1) is 15.3. The summed E-state index contributed by atoms with van der Waals surface area (Å²) >= 11 is 0. The van der Waals surface area contributed by atoms with Crippen LogP contribution in [0.4, 0.5) is 0 Å². The van der Waals surface area contributed by atoms with E-state index in [1.54, 1.807) is 12.1 Å². The Bertz CT molecular complexity index is 710. The molecule has 1 fully saturated rings.